The number of anilines is 1. The molecule has 0 radical (unpaired) electrons. The molecule has 8 heteroatoms. The molecule has 0 spiro atoms. The molecule has 0 aliphatic carbocycles. The molecule has 1 aromatic heterocycles. The van der Waals surface area contributed by atoms with E-state index in [0.29, 0.717) is 22.0 Å². The highest BCUT2D eigenvalue weighted by Gasteiger charge is 2.26. The van der Waals surface area contributed by atoms with Gasteiger partial charge in [-0.25, -0.2) is 0 Å². The molecule has 0 bridgehead atoms. The van der Waals surface area contributed by atoms with E-state index in [0.717, 1.165) is 11.1 Å². The Hall–Kier alpha value is -3.29. The highest BCUT2D eigenvalue weighted by atomic mass is 35.5. The van der Waals surface area contributed by atoms with Crippen LogP contribution in [0, 0.1) is 17.0 Å². The zero-order valence-corrected chi connectivity index (χ0v) is 20.4. The summed E-state index contributed by atoms with van der Waals surface area (Å²) in [5.74, 6) is -0.115. The van der Waals surface area contributed by atoms with E-state index >= 15 is 0 Å². The van der Waals surface area contributed by atoms with E-state index in [9.17, 15) is 15.2 Å². The Balaban J connectivity index is 2.11. The molecule has 0 saturated carbocycles. The Morgan fingerprint density at radius 3 is 2.24 bits per heavy atom. The summed E-state index contributed by atoms with van der Waals surface area (Å²) in [4.78, 5) is 10.8. The molecule has 1 heterocycles. The zero-order chi connectivity index (χ0) is 24.3. The molecule has 0 aliphatic rings. The van der Waals surface area contributed by atoms with Crippen LogP contribution in [0.2, 0.25) is 5.02 Å². The maximum Gasteiger partial charge on any atom is 0.288 e. The first kappa shape index (κ1) is 24.4. The minimum absolute atomic E-state index is 0.0416. The molecular weight excluding hydrogens is 458 g/mol. The summed E-state index contributed by atoms with van der Waals surface area (Å²) in [6, 6.07) is 15.0. The quantitative estimate of drug-likeness (QED) is 0.109. The van der Waals surface area contributed by atoms with Gasteiger partial charge >= 0.3 is 0 Å². The van der Waals surface area contributed by atoms with Crippen LogP contribution < -0.4 is 9.88 Å². The average Bonchev–Trinajstić information content (AvgIpc) is 2.77. The standard InChI is InChI=1S/C25H24ClN3O3S/c1-16-20(26)6-5-7-21(16)27-24(33)22(28-14-12-18(13-15-28)25(2,3)4)23(30)17-8-10-19(11-9-17)29(31)32/h5-15H,1-4H3,(H-,27,30,33)/p+1. The molecule has 6 nitrogen and oxygen atoms in total. The molecule has 2 aromatic carbocycles. The monoisotopic (exact) mass is 482 g/mol. The SMILES string of the molecule is Cc1c(Cl)cccc1NC(=S)/C(=C(\O)c1ccc([N+](=O)[O-])cc1)[n+]1ccc(C(C)(C)C)cc1. The number of halogens is 1. The van der Waals surface area contributed by atoms with Gasteiger partial charge in [0.1, 0.15) is 0 Å². The van der Waals surface area contributed by atoms with Crippen LogP contribution in [0.25, 0.3) is 11.5 Å². The topological polar surface area (TPSA) is 79.3 Å². The van der Waals surface area contributed by atoms with Crippen molar-refractivity contribution in [3.05, 3.63) is 98.8 Å². The molecule has 0 aliphatic heterocycles. The van der Waals surface area contributed by atoms with E-state index < -0.39 is 4.92 Å². The minimum atomic E-state index is -0.487. The van der Waals surface area contributed by atoms with Crippen molar-refractivity contribution >= 4 is 51.6 Å². The Labute approximate surface area is 203 Å². The number of pyridine rings is 1. The fourth-order valence-corrected chi connectivity index (χ4v) is 3.71. The van der Waals surface area contributed by atoms with Gasteiger partial charge in [0.2, 0.25) is 0 Å². The van der Waals surface area contributed by atoms with Gasteiger partial charge in [0.25, 0.3) is 11.4 Å². The predicted molar refractivity (Wildman–Crippen MR) is 137 cm³/mol. The lowest BCUT2D eigenvalue weighted by molar-refractivity contribution is -0.575. The van der Waals surface area contributed by atoms with Crippen LogP contribution in [0.3, 0.4) is 0 Å². The highest BCUT2D eigenvalue weighted by Crippen LogP contribution is 2.26. The summed E-state index contributed by atoms with van der Waals surface area (Å²) in [5, 5.41) is 26.0. The van der Waals surface area contributed by atoms with Gasteiger partial charge in [-0.15, -0.1) is 0 Å². The first-order valence-corrected chi connectivity index (χ1v) is 11.0. The number of aliphatic hydroxyl groups is 1. The number of aromatic nitrogens is 1. The molecular formula is C25H25ClN3O3S+. The fourth-order valence-electron chi connectivity index (χ4n) is 3.22. The van der Waals surface area contributed by atoms with Crippen LogP contribution in [-0.2, 0) is 5.41 Å². The number of nitro groups is 1. The lowest BCUT2D eigenvalue weighted by Crippen LogP contribution is -2.39. The van der Waals surface area contributed by atoms with Crippen molar-refractivity contribution in [3.63, 3.8) is 0 Å². The number of nitrogens with one attached hydrogen (secondary N) is 1. The molecule has 0 saturated heterocycles. The van der Waals surface area contributed by atoms with Crippen molar-refractivity contribution in [3.8, 4) is 0 Å². The third kappa shape index (κ3) is 5.56. The van der Waals surface area contributed by atoms with Gasteiger partial charge < -0.3 is 10.4 Å². The maximum absolute atomic E-state index is 11.2. The molecule has 0 amide bonds. The molecule has 0 atom stereocenters. The van der Waals surface area contributed by atoms with Gasteiger partial charge in [-0.3, -0.25) is 10.1 Å². The Morgan fingerprint density at radius 1 is 1.09 bits per heavy atom. The maximum atomic E-state index is 11.2. The fraction of sp³-hybridized carbons (Fsp3) is 0.200. The van der Waals surface area contributed by atoms with Crippen LogP contribution in [-0.4, -0.2) is 15.0 Å². The number of nitrogens with zero attached hydrogens (tertiary/aromatic N) is 2. The number of hydrogen-bond donors (Lipinski definition) is 2. The Morgan fingerprint density at radius 2 is 1.70 bits per heavy atom. The predicted octanol–water partition coefficient (Wildman–Crippen LogP) is 6.46. The van der Waals surface area contributed by atoms with Gasteiger partial charge in [-0.2, -0.15) is 4.57 Å². The second-order valence-corrected chi connectivity index (χ2v) is 9.43. The van der Waals surface area contributed by atoms with E-state index in [1.807, 2.05) is 43.6 Å². The summed E-state index contributed by atoms with van der Waals surface area (Å²) < 4.78 is 1.72. The summed E-state index contributed by atoms with van der Waals surface area (Å²) in [5.41, 5.74) is 3.29. The van der Waals surface area contributed by atoms with Gasteiger partial charge in [0, 0.05) is 40.5 Å². The number of nitro benzene ring substituents is 1. The van der Waals surface area contributed by atoms with Crippen LogP contribution in [0.5, 0.6) is 0 Å². The van der Waals surface area contributed by atoms with Crippen molar-refractivity contribution in [2.24, 2.45) is 0 Å². The van der Waals surface area contributed by atoms with Crippen LogP contribution in [0.15, 0.2) is 67.0 Å². The van der Waals surface area contributed by atoms with Crippen LogP contribution >= 0.6 is 23.8 Å². The summed E-state index contributed by atoms with van der Waals surface area (Å²) >= 11 is 11.9. The Kier molecular flexibility index (Phi) is 7.15. The van der Waals surface area contributed by atoms with Crippen LogP contribution in [0.1, 0.15) is 37.5 Å². The van der Waals surface area contributed by atoms with Crippen molar-refractivity contribution in [2.75, 3.05) is 5.32 Å². The second kappa shape index (κ2) is 9.68. The minimum Gasteiger partial charge on any atom is -0.502 e. The van der Waals surface area contributed by atoms with E-state index in [-0.39, 0.29) is 21.9 Å². The molecule has 3 aromatic rings. The van der Waals surface area contributed by atoms with E-state index in [1.165, 1.54) is 24.3 Å². The average molecular weight is 483 g/mol. The van der Waals surface area contributed by atoms with E-state index in [1.54, 1.807) is 10.6 Å². The van der Waals surface area contributed by atoms with Gasteiger partial charge in [0.05, 0.1) is 4.92 Å². The van der Waals surface area contributed by atoms with Gasteiger partial charge in [0.15, 0.2) is 23.1 Å². The van der Waals surface area contributed by atoms with Crippen molar-refractivity contribution in [2.45, 2.75) is 33.1 Å². The molecule has 0 unspecified atom stereocenters. The Bertz CT molecular complexity index is 1230. The third-order valence-electron chi connectivity index (χ3n) is 5.26. The molecule has 33 heavy (non-hydrogen) atoms. The molecule has 170 valence electrons. The smallest absolute Gasteiger partial charge is 0.288 e. The largest absolute Gasteiger partial charge is 0.502 e. The van der Waals surface area contributed by atoms with Crippen molar-refractivity contribution in [1.29, 1.82) is 0 Å². The summed E-state index contributed by atoms with van der Waals surface area (Å²) in [6.45, 7) is 8.22. The first-order chi connectivity index (χ1) is 15.5. The summed E-state index contributed by atoms with van der Waals surface area (Å²) in [6.07, 6.45) is 3.66. The number of benzene rings is 2. The molecule has 0 fully saturated rings. The lowest BCUT2D eigenvalue weighted by Gasteiger charge is -2.18. The normalized spacial score (nSPS) is 12.2. The van der Waals surface area contributed by atoms with Crippen molar-refractivity contribution in [1.82, 2.24) is 0 Å². The molecule has 2 N–H and O–H groups in total. The van der Waals surface area contributed by atoms with Gasteiger partial charge in [-0.05, 0) is 47.7 Å². The number of aliphatic hydroxyl groups excluding tert-OH is 1. The highest BCUT2D eigenvalue weighted by molar-refractivity contribution is 7.81. The van der Waals surface area contributed by atoms with E-state index in [2.05, 4.69) is 26.1 Å². The van der Waals surface area contributed by atoms with Gasteiger partial charge in [-0.1, -0.05) is 50.7 Å². The third-order valence-corrected chi connectivity index (χ3v) is 5.97. The van der Waals surface area contributed by atoms with E-state index in [4.69, 9.17) is 23.8 Å². The summed E-state index contributed by atoms with van der Waals surface area (Å²) in [7, 11) is 0. The van der Waals surface area contributed by atoms with Crippen LogP contribution in [0.4, 0.5) is 11.4 Å². The second-order valence-electron chi connectivity index (χ2n) is 8.61. The number of hydrogen-bond acceptors (Lipinski definition) is 4. The first-order valence-electron chi connectivity index (χ1n) is 10.3. The number of rotatable bonds is 5. The number of thiocarbonyl (C=S) groups is 1. The molecule has 3 rings (SSSR count). The zero-order valence-electron chi connectivity index (χ0n) is 18.8. The number of non-ortho nitro benzene ring substituents is 1. The van der Waals surface area contributed by atoms with Crippen molar-refractivity contribution < 1.29 is 14.6 Å². The lowest BCUT2D eigenvalue weighted by atomic mass is 9.88.